The molecule has 1 saturated heterocycles. The van der Waals surface area contributed by atoms with Gasteiger partial charge in [0.15, 0.2) is 12.0 Å². The van der Waals surface area contributed by atoms with Crippen molar-refractivity contribution in [2.75, 3.05) is 31.2 Å². The van der Waals surface area contributed by atoms with Gasteiger partial charge in [0, 0.05) is 24.2 Å². The van der Waals surface area contributed by atoms with Crippen LogP contribution in [0.4, 0.5) is 5.69 Å². The van der Waals surface area contributed by atoms with Gasteiger partial charge in [-0.15, -0.1) is 0 Å². The second-order valence-electron chi connectivity index (χ2n) is 8.13. The van der Waals surface area contributed by atoms with Crippen LogP contribution in [0.2, 0.25) is 0 Å². The fourth-order valence-corrected chi connectivity index (χ4v) is 4.14. The lowest BCUT2D eigenvalue weighted by Gasteiger charge is -2.29. The molecular formula is C23H24N4O3. The Morgan fingerprint density at radius 3 is 2.83 bits per heavy atom. The number of carbonyl (C=O) groups excluding carboxylic acids is 1. The van der Waals surface area contributed by atoms with E-state index >= 15 is 0 Å². The van der Waals surface area contributed by atoms with Gasteiger partial charge in [-0.25, -0.2) is 10.4 Å². The van der Waals surface area contributed by atoms with Crippen LogP contribution in [0.25, 0.3) is 11.1 Å². The first kappa shape index (κ1) is 18.8. The zero-order valence-electron chi connectivity index (χ0n) is 16.9. The molecule has 0 spiro atoms. The van der Waals surface area contributed by atoms with E-state index in [1.807, 2.05) is 18.2 Å². The molecular weight excluding hydrogens is 380 g/mol. The van der Waals surface area contributed by atoms with Crippen molar-refractivity contribution in [1.29, 1.82) is 0 Å². The molecule has 1 amide bonds. The molecule has 2 heterocycles. The summed E-state index contributed by atoms with van der Waals surface area (Å²) >= 11 is 0. The maximum absolute atomic E-state index is 12.6. The number of anilines is 1. The average Bonchev–Trinajstić information content (AvgIpc) is 3.27. The van der Waals surface area contributed by atoms with Gasteiger partial charge in [0.2, 0.25) is 5.91 Å². The van der Waals surface area contributed by atoms with Crippen molar-refractivity contribution in [3.05, 3.63) is 60.0 Å². The molecule has 3 aromatic rings. The van der Waals surface area contributed by atoms with Crippen LogP contribution in [0.1, 0.15) is 24.5 Å². The molecule has 1 N–H and O–H groups in total. The van der Waals surface area contributed by atoms with Crippen molar-refractivity contribution >= 4 is 28.9 Å². The van der Waals surface area contributed by atoms with E-state index in [4.69, 9.17) is 9.15 Å². The van der Waals surface area contributed by atoms with Gasteiger partial charge in [-0.2, -0.15) is 5.10 Å². The minimum Gasteiger partial charge on any atom is -0.443 e. The standard InChI is InChI=1S/C23H24N4O3/c1-23(17-3-5-18(6-4-17)27-8-10-29-11-9-27)13-19(23)22(28)26-25-14-16-2-7-20-21(12-16)30-15-24-20/h2-7,12,14-15,19H,8-11,13H2,1H3,(H,26,28)/b25-14+. The van der Waals surface area contributed by atoms with Crippen molar-refractivity contribution in [3.63, 3.8) is 0 Å². The number of hydrogen-bond acceptors (Lipinski definition) is 6. The topological polar surface area (TPSA) is 80.0 Å². The number of hydrazone groups is 1. The number of rotatable bonds is 5. The molecule has 7 heteroatoms. The van der Waals surface area contributed by atoms with Crippen LogP contribution >= 0.6 is 0 Å². The molecule has 0 bridgehead atoms. The van der Waals surface area contributed by atoms with Crippen LogP contribution in [-0.2, 0) is 14.9 Å². The second-order valence-corrected chi connectivity index (χ2v) is 8.13. The van der Waals surface area contributed by atoms with Crippen molar-refractivity contribution in [1.82, 2.24) is 10.4 Å². The molecule has 5 rings (SSSR count). The van der Waals surface area contributed by atoms with Gasteiger partial charge in [0.1, 0.15) is 5.52 Å². The molecule has 7 nitrogen and oxygen atoms in total. The van der Waals surface area contributed by atoms with E-state index in [1.165, 1.54) is 17.6 Å². The highest BCUT2D eigenvalue weighted by Crippen LogP contribution is 2.54. The van der Waals surface area contributed by atoms with Crippen molar-refractivity contribution in [2.24, 2.45) is 11.0 Å². The molecule has 1 aliphatic heterocycles. The highest BCUT2D eigenvalue weighted by Gasteiger charge is 2.55. The molecule has 0 radical (unpaired) electrons. The number of amides is 1. The van der Waals surface area contributed by atoms with Gasteiger partial charge < -0.3 is 14.1 Å². The number of oxazole rings is 1. The van der Waals surface area contributed by atoms with Gasteiger partial charge in [-0.05, 0) is 41.8 Å². The maximum Gasteiger partial charge on any atom is 0.244 e. The van der Waals surface area contributed by atoms with E-state index in [-0.39, 0.29) is 17.2 Å². The van der Waals surface area contributed by atoms with E-state index < -0.39 is 0 Å². The van der Waals surface area contributed by atoms with Crippen LogP contribution < -0.4 is 10.3 Å². The molecule has 30 heavy (non-hydrogen) atoms. The lowest BCUT2D eigenvalue weighted by Crippen LogP contribution is -2.36. The van der Waals surface area contributed by atoms with Crippen molar-refractivity contribution in [2.45, 2.75) is 18.8 Å². The Labute approximate surface area is 174 Å². The fourth-order valence-electron chi connectivity index (χ4n) is 4.14. The third-order valence-corrected chi connectivity index (χ3v) is 6.20. The highest BCUT2D eigenvalue weighted by atomic mass is 16.5. The Hall–Kier alpha value is -3.19. The molecule has 2 aromatic carbocycles. The Balaban J connectivity index is 1.20. The quantitative estimate of drug-likeness (QED) is 0.522. The first-order valence-corrected chi connectivity index (χ1v) is 10.2. The molecule has 1 aromatic heterocycles. The smallest absolute Gasteiger partial charge is 0.244 e. The lowest BCUT2D eigenvalue weighted by atomic mass is 9.95. The number of hydrogen-bond donors (Lipinski definition) is 1. The number of morpholine rings is 1. The number of aromatic nitrogens is 1. The molecule has 2 aliphatic rings. The van der Waals surface area contributed by atoms with E-state index in [2.05, 4.69) is 51.6 Å². The van der Waals surface area contributed by atoms with E-state index in [9.17, 15) is 4.79 Å². The zero-order chi connectivity index (χ0) is 20.6. The summed E-state index contributed by atoms with van der Waals surface area (Å²) in [5.41, 5.74) is 7.29. The number of ether oxygens (including phenoxy) is 1. The highest BCUT2D eigenvalue weighted by molar-refractivity contribution is 5.88. The summed E-state index contributed by atoms with van der Waals surface area (Å²) < 4.78 is 10.7. The van der Waals surface area contributed by atoms with Gasteiger partial charge >= 0.3 is 0 Å². The van der Waals surface area contributed by atoms with Crippen molar-refractivity contribution < 1.29 is 13.9 Å². The second kappa shape index (κ2) is 7.57. The summed E-state index contributed by atoms with van der Waals surface area (Å²) in [6, 6.07) is 14.2. The van der Waals surface area contributed by atoms with Crippen LogP contribution in [0.5, 0.6) is 0 Å². The van der Waals surface area contributed by atoms with Gasteiger partial charge in [0.25, 0.3) is 0 Å². The van der Waals surface area contributed by atoms with Crippen LogP contribution in [-0.4, -0.2) is 43.4 Å². The number of carbonyl (C=O) groups is 1. The maximum atomic E-state index is 12.6. The van der Waals surface area contributed by atoms with Gasteiger partial charge in [0.05, 0.1) is 25.3 Å². The first-order valence-electron chi connectivity index (χ1n) is 10.2. The summed E-state index contributed by atoms with van der Waals surface area (Å²) in [7, 11) is 0. The summed E-state index contributed by atoms with van der Waals surface area (Å²) in [6.07, 6.45) is 3.86. The van der Waals surface area contributed by atoms with Crippen molar-refractivity contribution in [3.8, 4) is 0 Å². The van der Waals surface area contributed by atoms with E-state index in [1.54, 1.807) is 6.21 Å². The molecule has 1 saturated carbocycles. The third-order valence-electron chi connectivity index (χ3n) is 6.20. The van der Waals surface area contributed by atoms with E-state index in [0.29, 0.717) is 5.58 Å². The van der Waals surface area contributed by atoms with Gasteiger partial charge in [-0.3, -0.25) is 4.79 Å². The number of fused-ring (bicyclic) bond motifs is 1. The normalized spacial score (nSPS) is 23.8. The molecule has 2 atom stereocenters. The number of nitrogens with zero attached hydrogens (tertiary/aromatic N) is 3. The Morgan fingerprint density at radius 2 is 2.03 bits per heavy atom. The summed E-state index contributed by atoms with van der Waals surface area (Å²) in [4.78, 5) is 19.0. The largest absolute Gasteiger partial charge is 0.443 e. The predicted octanol–water partition coefficient (Wildman–Crippen LogP) is 3.09. The monoisotopic (exact) mass is 404 g/mol. The Bertz CT molecular complexity index is 1090. The fraction of sp³-hybridized carbons (Fsp3) is 0.348. The van der Waals surface area contributed by atoms with Gasteiger partial charge in [-0.1, -0.05) is 25.1 Å². The summed E-state index contributed by atoms with van der Waals surface area (Å²) in [5.74, 6) is -0.118. The van der Waals surface area contributed by atoms with Crippen LogP contribution in [0.3, 0.4) is 0 Å². The SMILES string of the molecule is CC1(c2ccc(N3CCOCC3)cc2)CC1C(=O)N/N=C/c1ccc2ncoc2c1. The lowest BCUT2D eigenvalue weighted by molar-refractivity contribution is -0.122. The number of nitrogens with one attached hydrogen (secondary N) is 1. The third kappa shape index (κ3) is 3.57. The Kier molecular flexibility index (Phi) is 4.75. The van der Waals surface area contributed by atoms with Crippen LogP contribution in [0.15, 0.2) is 58.4 Å². The molecule has 154 valence electrons. The minimum atomic E-state index is -0.137. The summed E-state index contributed by atoms with van der Waals surface area (Å²) in [6.45, 7) is 5.53. The molecule has 1 aliphatic carbocycles. The summed E-state index contributed by atoms with van der Waals surface area (Å²) in [5, 5.41) is 4.12. The minimum absolute atomic E-state index is 0.0493. The van der Waals surface area contributed by atoms with Crippen LogP contribution in [0, 0.1) is 5.92 Å². The van der Waals surface area contributed by atoms with E-state index in [0.717, 1.165) is 43.8 Å². The Morgan fingerprint density at radius 1 is 1.23 bits per heavy atom. The predicted molar refractivity (Wildman–Crippen MR) is 115 cm³/mol. The number of benzene rings is 2. The average molecular weight is 404 g/mol. The first-order chi connectivity index (χ1) is 14.6. The molecule has 2 unspecified atom stereocenters. The molecule has 2 fully saturated rings. The zero-order valence-corrected chi connectivity index (χ0v) is 16.9.